The lowest BCUT2D eigenvalue weighted by Crippen LogP contribution is -2.02. The normalized spacial score (nSPS) is 12.5. The number of hydrogen-bond acceptors (Lipinski definition) is 4. The van der Waals surface area contributed by atoms with E-state index in [9.17, 15) is 4.79 Å². The van der Waals surface area contributed by atoms with Crippen LogP contribution in [0.5, 0.6) is 0 Å². The highest BCUT2D eigenvalue weighted by molar-refractivity contribution is 8.14. The number of hydrogen-bond donors (Lipinski definition) is 1. The van der Waals surface area contributed by atoms with Gasteiger partial charge < -0.3 is 5.11 Å². The third-order valence-corrected chi connectivity index (χ3v) is 3.76. The van der Waals surface area contributed by atoms with Crippen molar-refractivity contribution in [2.75, 3.05) is 5.75 Å². The summed E-state index contributed by atoms with van der Waals surface area (Å²) in [6.45, 7) is 6.01. The lowest BCUT2D eigenvalue weighted by Gasteiger charge is -2.06. The van der Waals surface area contributed by atoms with E-state index in [1.807, 2.05) is 12.1 Å². The molecule has 1 aromatic rings. The van der Waals surface area contributed by atoms with Crippen LogP contribution in [-0.4, -0.2) is 27.6 Å². The molecular weight excluding hydrogens is 284 g/mol. The topological polar surface area (TPSA) is 62.0 Å². The standard InChI is InChI=1S/C16H22N2O2S/c1-4-7-15(14-9-6-8-13(5-2)10-14)18-17-12(3)21-11-16(19)20/h6,8-10H,4-5,7,11H2,1-3H3,(H,19,20). The fraction of sp³-hybridized carbons (Fsp3) is 0.438. The molecule has 0 aliphatic rings. The van der Waals surface area contributed by atoms with Crippen LogP contribution in [0, 0.1) is 0 Å². The lowest BCUT2D eigenvalue weighted by molar-refractivity contribution is -0.133. The number of rotatable bonds is 7. The van der Waals surface area contributed by atoms with Crippen molar-refractivity contribution in [1.82, 2.24) is 0 Å². The first-order valence-corrected chi connectivity index (χ1v) is 8.10. The Kier molecular flexibility index (Phi) is 7.75. The van der Waals surface area contributed by atoms with E-state index in [2.05, 4.69) is 36.2 Å². The molecule has 0 fully saturated rings. The maximum Gasteiger partial charge on any atom is 0.313 e. The summed E-state index contributed by atoms with van der Waals surface area (Å²) in [5.41, 5.74) is 3.32. The van der Waals surface area contributed by atoms with Crippen molar-refractivity contribution >= 4 is 28.5 Å². The summed E-state index contributed by atoms with van der Waals surface area (Å²) < 4.78 is 0. The molecule has 0 atom stereocenters. The summed E-state index contributed by atoms with van der Waals surface area (Å²) in [6, 6.07) is 8.33. The summed E-state index contributed by atoms with van der Waals surface area (Å²) in [5, 5.41) is 17.8. The van der Waals surface area contributed by atoms with E-state index < -0.39 is 5.97 Å². The van der Waals surface area contributed by atoms with Gasteiger partial charge in [-0.2, -0.15) is 5.10 Å². The zero-order valence-corrected chi connectivity index (χ0v) is 13.6. The number of aliphatic carboxylic acids is 1. The van der Waals surface area contributed by atoms with Crippen molar-refractivity contribution < 1.29 is 9.90 Å². The minimum absolute atomic E-state index is 0.0132. The SMILES string of the molecule is CCCC(=NN=C(C)SCC(=O)O)c1cccc(CC)c1. The van der Waals surface area contributed by atoms with Crippen molar-refractivity contribution in [2.45, 2.75) is 40.0 Å². The van der Waals surface area contributed by atoms with Gasteiger partial charge in [0, 0.05) is 0 Å². The largest absolute Gasteiger partial charge is 0.481 e. The highest BCUT2D eigenvalue weighted by atomic mass is 32.2. The van der Waals surface area contributed by atoms with Crippen LogP contribution >= 0.6 is 11.8 Å². The quantitative estimate of drug-likeness (QED) is 0.470. The van der Waals surface area contributed by atoms with Gasteiger partial charge in [-0.1, -0.05) is 50.2 Å². The van der Waals surface area contributed by atoms with Crippen LogP contribution in [-0.2, 0) is 11.2 Å². The molecule has 0 saturated heterocycles. The Bertz CT molecular complexity index is 539. The zero-order chi connectivity index (χ0) is 15.7. The van der Waals surface area contributed by atoms with Crippen LogP contribution in [0.3, 0.4) is 0 Å². The fourth-order valence-corrected chi connectivity index (χ4v) is 2.22. The smallest absolute Gasteiger partial charge is 0.313 e. The first kappa shape index (κ1) is 17.4. The zero-order valence-electron chi connectivity index (χ0n) is 12.8. The van der Waals surface area contributed by atoms with Crippen molar-refractivity contribution in [3.63, 3.8) is 0 Å². The maximum atomic E-state index is 10.5. The molecule has 0 radical (unpaired) electrons. The van der Waals surface area contributed by atoms with Gasteiger partial charge in [0.2, 0.25) is 0 Å². The minimum atomic E-state index is -0.844. The average Bonchev–Trinajstić information content (AvgIpc) is 2.49. The van der Waals surface area contributed by atoms with E-state index in [1.165, 1.54) is 17.3 Å². The summed E-state index contributed by atoms with van der Waals surface area (Å²) >= 11 is 1.19. The Labute approximate surface area is 130 Å². The molecule has 0 amide bonds. The van der Waals surface area contributed by atoms with Crippen LogP contribution in [0.1, 0.15) is 44.7 Å². The number of benzene rings is 1. The second-order valence-corrected chi connectivity index (χ2v) is 5.82. The van der Waals surface area contributed by atoms with E-state index >= 15 is 0 Å². The van der Waals surface area contributed by atoms with Gasteiger partial charge in [0.15, 0.2) is 0 Å². The monoisotopic (exact) mass is 306 g/mol. The second kappa shape index (κ2) is 9.34. The summed E-state index contributed by atoms with van der Waals surface area (Å²) in [7, 11) is 0. The summed E-state index contributed by atoms with van der Waals surface area (Å²) in [4.78, 5) is 10.5. The molecule has 0 unspecified atom stereocenters. The summed E-state index contributed by atoms with van der Waals surface area (Å²) in [6.07, 6.45) is 2.84. The second-order valence-electron chi connectivity index (χ2n) is 4.65. The van der Waals surface area contributed by atoms with E-state index in [0.29, 0.717) is 5.04 Å². The highest BCUT2D eigenvalue weighted by Gasteiger charge is 2.04. The molecule has 1 N–H and O–H groups in total. The molecule has 5 heteroatoms. The lowest BCUT2D eigenvalue weighted by atomic mass is 10.0. The van der Waals surface area contributed by atoms with E-state index in [-0.39, 0.29) is 5.75 Å². The molecule has 0 heterocycles. The number of nitrogens with zero attached hydrogens (tertiary/aromatic N) is 2. The van der Waals surface area contributed by atoms with Gasteiger partial charge in [0.25, 0.3) is 0 Å². The van der Waals surface area contributed by atoms with Crippen LogP contribution in [0.15, 0.2) is 34.5 Å². The first-order valence-electron chi connectivity index (χ1n) is 7.11. The molecule has 0 saturated carbocycles. The molecule has 0 bridgehead atoms. The molecule has 0 aliphatic heterocycles. The number of carbonyl (C=O) groups is 1. The number of carboxylic acids is 1. The molecule has 1 aromatic carbocycles. The van der Waals surface area contributed by atoms with Gasteiger partial charge in [-0.3, -0.25) is 4.79 Å². The Morgan fingerprint density at radius 3 is 2.67 bits per heavy atom. The van der Waals surface area contributed by atoms with E-state index in [4.69, 9.17) is 5.11 Å². The molecule has 0 aliphatic carbocycles. The predicted molar refractivity (Wildman–Crippen MR) is 90.5 cm³/mol. The molecule has 21 heavy (non-hydrogen) atoms. The van der Waals surface area contributed by atoms with Crippen LogP contribution in [0.25, 0.3) is 0 Å². The van der Waals surface area contributed by atoms with Crippen molar-refractivity contribution in [3.05, 3.63) is 35.4 Å². The Morgan fingerprint density at radius 1 is 1.29 bits per heavy atom. The third-order valence-electron chi connectivity index (χ3n) is 2.87. The molecule has 0 aromatic heterocycles. The molecular formula is C16H22N2O2S. The van der Waals surface area contributed by atoms with Gasteiger partial charge >= 0.3 is 5.97 Å². The van der Waals surface area contributed by atoms with Crippen molar-refractivity contribution in [3.8, 4) is 0 Å². The number of aryl methyl sites for hydroxylation is 1. The van der Waals surface area contributed by atoms with Gasteiger partial charge in [0.1, 0.15) is 0 Å². The molecule has 114 valence electrons. The predicted octanol–water partition coefficient (Wildman–Crippen LogP) is 3.99. The Morgan fingerprint density at radius 2 is 2.05 bits per heavy atom. The van der Waals surface area contributed by atoms with Gasteiger partial charge in [-0.05, 0) is 37.0 Å². The van der Waals surface area contributed by atoms with E-state index in [0.717, 1.165) is 30.5 Å². The van der Waals surface area contributed by atoms with Crippen LogP contribution < -0.4 is 0 Å². The van der Waals surface area contributed by atoms with Crippen molar-refractivity contribution in [1.29, 1.82) is 0 Å². The Balaban J connectivity index is 2.91. The minimum Gasteiger partial charge on any atom is -0.481 e. The molecule has 4 nitrogen and oxygen atoms in total. The first-order chi connectivity index (χ1) is 10.1. The average molecular weight is 306 g/mol. The Hall–Kier alpha value is -1.62. The van der Waals surface area contributed by atoms with E-state index in [1.54, 1.807) is 6.92 Å². The molecule has 0 spiro atoms. The van der Waals surface area contributed by atoms with Gasteiger partial charge in [0.05, 0.1) is 16.5 Å². The summed E-state index contributed by atoms with van der Waals surface area (Å²) in [5.74, 6) is -0.831. The maximum absolute atomic E-state index is 10.5. The van der Waals surface area contributed by atoms with Crippen LogP contribution in [0.4, 0.5) is 0 Å². The molecule has 1 rings (SSSR count). The van der Waals surface area contributed by atoms with Crippen LogP contribution in [0.2, 0.25) is 0 Å². The number of carboxylic acid groups (broad SMARTS) is 1. The third kappa shape index (κ3) is 6.58. The van der Waals surface area contributed by atoms with Crippen molar-refractivity contribution in [2.24, 2.45) is 10.2 Å². The van der Waals surface area contributed by atoms with Gasteiger partial charge in [-0.15, -0.1) is 5.10 Å². The number of thioether (sulfide) groups is 1. The highest BCUT2D eigenvalue weighted by Crippen LogP contribution is 2.12. The fourth-order valence-electron chi connectivity index (χ4n) is 1.79. The van der Waals surface area contributed by atoms with Gasteiger partial charge in [-0.25, -0.2) is 0 Å².